The van der Waals surface area contributed by atoms with Gasteiger partial charge in [0.05, 0.1) is 11.6 Å². The van der Waals surface area contributed by atoms with Crippen LogP contribution >= 0.6 is 12.4 Å². The summed E-state index contributed by atoms with van der Waals surface area (Å²) in [6.07, 6.45) is 0. The van der Waals surface area contributed by atoms with Crippen LogP contribution in [0.5, 0.6) is 0 Å². The molecule has 0 aliphatic rings. The highest BCUT2D eigenvalue weighted by Crippen LogP contribution is 2.16. The Labute approximate surface area is 148 Å². The first-order valence-electron chi connectivity index (χ1n) is 7.32. The average Bonchev–Trinajstić information content (AvgIpc) is 2.46. The Morgan fingerprint density at radius 3 is 2.29 bits per heavy atom. The van der Waals surface area contributed by atoms with Gasteiger partial charge in [-0.25, -0.2) is 12.8 Å². The molecule has 0 aliphatic carbocycles. The number of nitrogens with one attached hydrogen (secondary N) is 2. The van der Waals surface area contributed by atoms with E-state index in [0.29, 0.717) is 0 Å². The molecule has 24 heavy (non-hydrogen) atoms. The van der Waals surface area contributed by atoms with Crippen LogP contribution in [0.4, 0.5) is 4.39 Å². The molecule has 0 spiro atoms. The minimum absolute atomic E-state index is 0. The van der Waals surface area contributed by atoms with Crippen molar-refractivity contribution in [3.8, 4) is 0 Å². The number of carbonyl (C=O) groups excluding carboxylic acids is 1. The lowest BCUT2D eigenvalue weighted by Crippen LogP contribution is -2.59. The van der Waals surface area contributed by atoms with Gasteiger partial charge >= 0.3 is 0 Å². The molecule has 1 aromatic carbocycles. The number of hydrogen-bond donors (Lipinski definition) is 3. The van der Waals surface area contributed by atoms with Crippen molar-refractivity contribution in [1.29, 1.82) is 0 Å². The second-order valence-electron chi connectivity index (χ2n) is 6.04. The number of carbonyl (C=O) groups is 1. The van der Waals surface area contributed by atoms with Crippen LogP contribution < -0.4 is 15.8 Å². The molecule has 6 nitrogen and oxygen atoms in total. The van der Waals surface area contributed by atoms with Crippen molar-refractivity contribution < 1.29 is 17.6 Å². The molecule has 9 heteroatoms. The fraction of sp³-hybridized carbons (Fsp3) is 0.533. The van der Waals surface area contributed by atoms with Crippen LogP contribution in [-0.4, -0.2) is 32.5 Å². The van der Waals surface area contributed by atoms with Crippen LogP contribution in [0.15, 0.2) is 29.2 Å². The van der Waals surface area contributed by atoms with Crippen LogP contribution in [0.25, 0.3) is 0 Å². The van der Waals surface area contributed by atoms with E-state index in [1.54, 1.807) is 6.92 Å². The Hall–Kier alpha value is -1.22. The topological polar surface area (TPSA) is 101 Å². The van der Waals surface area contributed by atoms with Gasteiger partial charge in [0.1, 0.15) is 10.7 Å². The van der Waals surface area contributed by atoms with Crippen molar-refractivity contribution in [2.75, 3.05) is 6.54 Å². The summed E-state index contributed by atoms with van der Waals surface area (Å²) in [6.45, 7) is 7.20. The molecule has 1 aromatic rings. The molecule has 2 atom stereocenters. The summed E-state index contributed by atoms with van der Waals surface area (Å²) in [5.74, 6) is -1.33. The molecule has 0 aromatic heterocycles. The quantitative estimate of drug-likeness (QED) is 0.664. The lowest BCUT2D eigenvalue weighted by Gasteiger charge is -2.34. The highest BCUT2D eigenvalue weighted by atomic mass is 35.5. The monoisotopic (exact) mass is 381 g/mol. The van der Waals surface area contributed by atoms with Crippen LogP contribution in [0.3, 0.4) is 0 Å². The van der Waals surface area contributed by atoms with Gasteiger partial charge in [0.25, 0.3) is 0 Å². The van der Waals surface area contributed by atoms with Crippen LogP contribution in [0.1, 0.15) is 27.7 Å². The van der Waals surface area contributed by atoms with Crippen molar-refractivity contribution in [3.05, 3.63) is 30.1 Å². The highest BCUT2D eigenvalue weighted by Gasteiger charge is 2.32. The summed E-state index contributed by atoms with van der Waals surface area (Å²) in [5, 5.41) is 2.75. The first-order valence-corrected chi connectivity index (χ1v) is 8.81. The summed E-state index contributed by atoms with van der Waals surface area (Å²) in [7, 11) is -4.13. The van der Waals surface area contributed by atoms with E-state index in [1.807, 2.05) is 13.8 Å². The molecule has 0 fully saturated rings. The minimum atomic E-state index is -4.13. The Balaban J connectivity index is 0.00000529. The number of halogens is 2. The fourth-order valence-electron chi connectivity index (χ4n) is 1.83. The van der Waals surface area contributed by atoms with Gasteiger partial charge in [-0.05, 0) is 31.9 Å². The Bertz CT molecular complexity index is 670. The van der Waals surface area contributed by atoms with E-state index in [9.17, 15) is 17.6 Å². The van der Waals surface area contributed by atoms with Gasteiger partial charge in [-0.2, -0.15) is 4.72 Å². The molecule has 2 unspecified atom stereocenters. The predicted octanol–water partition coefficient (Wildman–Crippen LogP) is 1.40. The summed E-state index contributed by atoms with van der Waals surface area (Å²) in [6, 6.07) is 3.92. The van der Waals surface area contributed by atoms with E-state index in [4.69, 9.17) is 5.73 Å². The van der Waals surface area contributed by atoms with E-state index in [-0.39, 0.29) is 24.9 Å². The van der Waals surface area contributed by atoms with Crippen molar-refractivity contribution >= 4 is 28.3 Å². The molecule has 1 rings (SSSR count). The largest absolute Gasteiger partial charge is 0.348 e. The standard InChI is InChI=1S/C15H24FN3O3S.ClH/c1-10(2)15(4,9-17)18-14(20)11(3)19-23(21,22)13-8-6-5-7-12(13)16;/h5-8,10-11,19H,9,17H2,1-4H3,(H,18,20);1H. The van der Waals surface area contributed by atoms with Gasteiger partial charge in [0, 0.05) is 6.54 Å². The highest BCUT2D eigenvalue weighted by molar-refractivity contribution is 7.89. The molecule has 0 saturated heterocycles. The molecule has 0 saturated carbocycles. The zero-order valence-corrected chi connectivity index (χ0v) is 15.8. The molecule has 4 N–H and O–H groups in total. The summed E-state index contributed by atoms with van der Waals surface area (Å²) in [4.78, 5) is 11.7. The van der Waals surface area contributed by atoms with Gasteiger partial charge in [0.15, 0.2) is 0 Å². The maximum atomic E-state index is 13.6. The second kappa shape index (κ2) is 8.75. The molecule has 1 amide bonds. The molecular weight excluding hydrogens is 357 g/mol. The van der Waals surface area contributed by atoms with Crippen LogP contribution in [-0.2, 0) is 14.8 Å². The maximum Gasteiger partial charge on any atom is 0.244 e. The molecule has 0 aliphatic heterocycles. The smallest absolute Gasteiger partial charge is 0.244 e. The van der Waals surface area contributed by atoms with E-state index in [1.165, 1.54) is 19.1 Å². The molecule has 0 radical (unpaired) electrons. The Kier molecular flexibility index (Phi) is 8.31. The lowest BCUT2D eigenvalue weighted by atomic mass is 9.88. The summed E-state index contributed by atoms with van der Waals surface area (Å²) >= 11 is 0. The van der Waals surface area contributed by atoms with Crippen LogP contribution in [0, 0.1) is 11.7 Å². The molecular formula is C15H25ClFN3O3S. The summed E-state index contributed by atoms with van der Waals surface area (Å²) in [5.41, 5.74) is 5.03. The van der Waals surface area contributed by atoms with E-state index in [0.717, 1.165) is 12.1 Å². The fourth-order valence-corrected chi connectivity index (χ4v) is 3.12. The van der Waals surface area contributed by atoms with Crippen molar-refractivity contribution in [3.63, 3.8) is 0 Å². The number of benzene rings is 1. The normalized spacial score (nSPS) is 15.3. The second-order valence-corrected chi connectivity index (χ2v) is 7.72. The molecule has 0 heterocycles. The van der Waals surface area contributed by atoms with Gasteiger partial charge in [-0.1, -0.05) is 26.0 Å². The first kappa shape index (κ1) is 22.8. The zero-order chi connectivity index (χ0) is 17.8. The average molecular weight is 382 g/mol. The maximum absolute atomic E-state index is 13.6. The van der Waals surface area contributed by atoms with E-state index >= 15 is 0 Å². The number of rotatable bonds is 7. The Morgan fingerprint density at radius 2 is 1.83 bits per heavy atom. The number of amides is 1. The van der Waals surface area contributed by atoms with Crippen molar-refractivity contribution in [2.45, 2.75) is 44.2 Å². The first-order chi connectivity index (χ1) is 10.5. The zero-order valence-electron chi connectivity index (χ0n) is 14.2. The number of sulfonamides is 1. The van der Waals surface area contributed by atoms with E-state index in [2.05, 4.69) is 10.0 Å². The van der Waals surface area contributed by atoms with Crippen LogP contribution in [0.2, 0.25) is 0 Å². The molecule has 138 valence electrons. The summed E-state index contributed by atoms with van der Waals surface area (Å²) < 4.78 is 40.2. The van der Waals surface area contributed by atoms with Gasteiger partial charge in [-0.15, -0.1) is 12.4 Å². The molecule has 0 bridgehead atoms. The number of nitrogens with two attached hydrogens (primary N) is 1. The SMILES string of the molecule is CC(NS(=O)(=O)c1ccccc1F)C(=O)NC(C)(CN)C(C)C.Cl. The van der Waals surface area contributed by atoms with Crippen molar-refractivity contribution in [2.24, 2.45) is 11.7 Å². The Morgan fingerprint density at radius 1 is 1.29 bits per heavy atom. The van der Waals surface area contributed by atoms with Gasteiger partial charge < -0.3 is 11.1 Å². The third-order valence-corrected chi connectivity index (χ3v) is 5.53. The predicted molar refractivity (Wildman–Crippen MR) is 93.9 cm³/mol. The third-order valence-electron chi connectivity index (χ3n) is 3.96. The third kappa shape index (κ3) is 5.41. The van der Waals surface area contributed by atoms with Gasteiger partial charge in [-0.3, -0.25) is 4.79 Å². The van der Waals surface area contributed by atoms with E-state index < -0.39 is 38.2 Å². The lowest BCUT2D eigenvalue weighted by molar-refractivity contribution is -0.124. The van der Waals surface area contributed by atoms with Crippen molar-refractivity contribution in [1.82, 2.24) is 10.0 Å². The number of hydrogen-bond acceptors (Lipinski definition) is 4. The van der Waals surface area contributed by atoms with Gasteiger partial charge in [0.2, 0.25) is 15.9 Å². The minimum Gasteiger partial charge on any atom is -0.348 e.